The molecule has 1 aromatic carbocycles. The van der Waals surface area contributed by atoms with Crippen LogP contribution in [0.2, 0.25) is 0 Å². The summed E-state index contributed by atoms with van der Waals surface area (Å²) in [6.07, 6.45) is 0.288. The lowest BCUT2D eigenvalue weighted by Gasteiger charge is -2.42. The van der Waals surface area contributed by atoms with Crippen LogP contribution in [0.5, 0.6) is 0 Å². The number of hydrogen-bond acceptors (Lipinski definition) is 4. The predicted molar refractivity (Wildman–Crippen MR) is 82.3 cm³/mol. The fourth-order valence-electron chi connectivity index (χ4n) is 3.17. The van der Waals surface area contributed by atoms with Crippen molar-refractivity contribution in [3.8, 4) is 0 Å². The van der Waals surface area contributed by atoms with Gasteiger partial charge in [0, 0.05) is 51.0 Å². The Balaban J connectivity index is 1.53. The summed E-state index contributed by atoms with van der Waals surface area (Å²) in [4.78, 5) is 4.82. The van der Waals surface area contributed by atoms with E-state index in [1.165, 1.54) is 12.1 Å². The zero-order valence-corrected chi connectivity index (χ0v) is 12.6. The van der Waals surface area contributed by atoms with Gasteiger partial charge in [-0.2, -0.15) is 0 Å². The lowest BCUT2D eigenvalue weighted by atomic mass is 10.1. The van der Waals surface area contributed by atoms with Gasteiger partial charge in [0.1, 0.15) is 5.82 Å². The zero-order chi connectivity index (χ0) is 14.7. The van der Waals surface area contributed by atoms with E-state index in [0.29, 0.717) is 6.04 Å². The molecule has 4 nitrogen and oxygen atoms in total. The van der Waals surface area contributed by atoms with E-state index in [-0.39, 0.29) is 11.9 Å². The standard InChI is InChI=1S/C16H24FN3O/c1-13(16-12-18-6-11-21-16)19-7-9-20(10-8-19)15-4-2-14(17)3-5-15/h2-5,13,16,18H,6-12H2,1H3. The highest BCUT2D eigenvalue weighted by Crippen LogP contribution is 2.19. The molecule has 0 radical (unpaired) electrons. The minimum absolute atomic E-state index is 0.173. The summed E-state index contributed by atoms with van der Waals surface area (Å²) in [6, 6.07) is 7.23. The van der Waals surface area contributed by atoms with Crippen molar-refractivity contribution in [1.82, 2.24) is 10.2 Å². The molecule has 2 fully saturated rings. The Kier molecular flexibility index (Phi) is 4.73. The normalized spacial score (nSPS) is 25.8. The maximum absolute atomic E-state index is 13.0. The largest absolute Gasteiger partial charge is 0.374 e. The van der Waals surface area contributed by atoms with Crippen LogP contribution in [0.3, 0.4) is 0 Å². The van der Waals surface area contributed by atoms with E-state index >= 15 is 0 Å². The van der Waals surface area contributed by atoms with Crippen LogP contribution in [0, 0.1) is 5.82 Å². The van der Waals surface area contributed by atoms with Crippen molar-refractivity contribution in [2.45, 2.75) is 19.1 Å². The Morgan fingerprint density at radius 1 is 1.19 bits per heavy atom. The molecule has 2 atom stereocenters. The molecule has 2 heterocycles. The Labute approximate surface area is 125 Å². The summed E-state index contributed by atoms with van der Waals surface area (Å²) in [6.45, 7) is 8.99. The van der Waals surface area contributed by atoms with Crippen molar-refractivity contribution in [2.75, 3.05) is 50.8 Å². The molecule has 1 aromatic rings. The van der Waals surface area contributed by atoms with Gasteiger partial charge in [0.15, 0.2) is 0 Å². The highest BCUT2D eigenvalue weighted by Gasteiger charge is 2.28. The van der Waals surface area contributed by atoms with Gasteiger partial charge < -0.3 is 15.0 Å². The van der Waals surface area contributed by atoms with Crippen LogP contribution in [0.1, 0.15) is 6.92 Å². The second kappa shape index (κ2) is 6.73. The summed E-state index contributed by atoms with van der Waals surface area (Å²) in [5.41, 5.74) is 1.11. The maximum atomic E-state index is 13.0. The van der Waals surface area contributed by atoms with Crippen molar-refractivity contribution in [3.05, 3.63) is 30.1 Å². The van der Waals surface area contributed by atoms with E-state index in [9.17, 15) is 4.39 Å². The predicted octanol–water partition coefficient (Wildman–Crippen LogP) is 1.32. The maximum Gasteiger partial charge on any atom is 0.123 e. The minimum atomic E-state index is -0.173. The van der Waals surface area contributed by atoms with E-state index in [2.05, 4.69) is 22.0 Å². The van der Waals surface area contributed by atoms with E-state index in [4.69, 9.17) is 4.74 Å². The van der Waals surface area contributed by atoms with Gasteiger partial charge in [-0.15, -0.1) is 0 Å². The minimum Gasteiger partial charge on any atom is -0.374 e. The third-order valence-corrected chi connectivity index (χ3v) is 4.58. The molecule has 21 heavy (non-hydrogen) atoms. The summed E-state index contributed by atoms with van der Waals surface area (Å²) >= 11 is 0. The average Bonchev–Trinajstić information content (AvgIpc) is 2.56. The van der Waals surface area contributed by atoms with Crippen molar-refractivity contribution in [3.63, 3.8) is 0 Å². The fraction of sp³-hybridized carbons (Fsp3) is 0.625. The third-order valence-electron chi connectivity index (χ3n) is 4.58. The van der Waals surface area contributed by atoms with Crippen molar-refractivity contribution in [2.24, 2.45) is 0 Å². The molecule has 0 spiro atoms. The highest BCUT2D eigenvalue weighted by molar-refractivity contribution is 5.46. The lowest BCUT2D eigenvalue weighted by molar-refractivity contribution is -0.0272. The summed E-state index contributed by atoms with van der Waals surface area (Å²) in [5, 5.41) is 3.40. The number of halogens is 1. The molecule has 0 aromatic heterocycles. The van der Waals surface area contributed by atoms with Gasteiger partial charge in [0.05, 0.1) is 12.7 Å². The molecule has 0 amide bonds. The van der Waals surface area contributed by atoms with Crippen LogP contribution in [0.15, 0.2) is 24.3 Å². The van der Waals surface area contributed by atoms with E-state index in [1.807, 2.05) is 12.1 Å². The lowest BCUT2D eigenvalue weighted by Crippen LogP contribution is -2.56. The molecule has 5 heteroatoms. The van der Waals surface area contributed by atoms with Crippen LogP contribution in [-0.2, 0) is 4.74 Å². The van der Waals surface area contributed by atoms with Gasteiger partial charge in [-0.05, 0) is 31.2 Å². The molecule has 0 bridgehead atoms. The van der Waals surface area contributed by atoms with Gasteiger partial charge in [-0.3, -0.25) is 4.90 Å². The van der Waals surface area contributed by atoms with Gasteiger partial charge in [-0.25, -0.2) is 4.39 Å². The summed E-state index contributed by atoms with van der Waals surface area (Å²) < 4.78 is 18.8. The van der Waals surface area contributed by atoms with Crippen molar-refractivity contribution >= 4 is 5.69 Å². The zero-order valence-electron chi connectivity index (χ0n) is 12.6. The molecule has 2 aliphatic rings. The van der Waals surface area contributed by atoms with Gasteiger partial charge in [0.2, 0.25) is 0 Å². The Morgan fingerprint density at radius 2 is 1.90 bits per heavy atom. The highest BCUT2D eigenvalue weighted by atomic mass is 19.1. The Bertz CT molecular complexity index is 439. The number of piperazine rings is 1. The number of nitrogens with one attached hydrogen (secondary N) is 1. The van der Waals surface area contributed by atoms with Crippen molar-refractivity contribution < 1.29 is 9.13 Å². The second-order valence-corrected chi connectivity index (χ2v) is 5.85. The third kappa shape index (κ3) is 3.54. The molecular formula is C16H24FN3O. The van der Waals surface area contributed by atoms with Crippen LogP contribution in [-0.4, -0.2) is 62.9 Å². The number of benzene rings is 1. The van der Waals surface area contributed by atoms with Crippen molar-refractivity contribution in [1.29, 1.82) is 0 Å². The first-order valence-corrected chi connectivity index (χ1v) is 7.81. The monoisotopic (exact) mass is 293 g/mol. The number of hydrogen-bond donors (Lipinski definition) is 1. The van der Waals surface area contributed by atoms with Gasteiger partial charge >= 0.3 is 0 Å². The number of nitrogens with zero attached hydrogens (tertiary/aromatic N) is 2. The van der Waals surface area contributed by atoms with Crippen LogP contribution in [0.25, 0.3) is 0 Å². The Hall–Kier alpha value is -1.17. The topological polar surface area (TPSA) is 27.7 Å². The number of ether oxygens (including phenoxy) is 1. The quantitative estimate of drug-likeness (QED) is 0.910. The molecule has 2 unspecified atom stereocenters. The van der Waals surface area contributed by atoms with E-state index in [1.54, 1.807) is 0 Å². The van der Waals surface area contributed by atoms with Crippen LogP contribution in [0.4, 0.5) is 10.1 Å². The molecule has 116 valence electrons. The van der Waals surface area contributed by atoms with E-state index in [0.717, 1.165) is 51.6 Å². The first kappa shape index (κ1) is 14.8. The second-order valence-electron chi connectivity index (χ2n) is 5.85. The SMILES string of the molecule is CC(C1CNCCO1)N1CCN(c2ccc(F)cc2)CC1. The summed E-state index contributed by atoms with van der Waals surface area (Å²) in [7, 11) is 0. The van der Waals surface area contributed by atoms with Gasteiger partial charge in [-0.1, -0.05) is 0 Å². The number of morpholine rings is 1. The smallest absolute Gasteiger partial charge is 0.123 e. The van der Waals surface area contributed by atoms with Crippen LogP contribution < -0.4 is 10.2 Å². The molecule has 1 N–H and O–H groups in total. The van der Waals surface area contributed by atoms with Crippen LogP contribution >= 0.6 is 0 Å². The molecule has 0 saturated carbocycles. The van der Waals surface area contributed by atoms with E-state index < -0.39 is 0 Å². The molecule has 3 rings (SSSR count). The Morgan fingerprint density at radius 3 is 2.52 bits per heavy atom. The first-order valence-electron chi connectivity index (χ1n) is 7.81. The first-order chi connectivity index (χ1) is 10.2. The average molecular weight is 293 g/mol. The molecule has 0 aliphatic carbocycles. The number of rotatable bonds is 3. The molecule has 2 saturated heterocycles. The summed E-state index contributed by atoms with van der Waals surface area (Å²) in [5.74, 6) is -0.173. The van der Waals surface area contributed by atoms with Gasteiger partial charge in [0.25, 0.3) is 0 Å². The number of anilines is 1. The fourth-order valence-corrected chi connectivity index (χ4v) is 3.17. The molecular weight excluding hydrogens is 269 g/mol. The molecule has 2 aliphatic heterocycles.